The predicted octanol–water partition coefficient (Wildman–Crippen LogP) is 4.15. The zero-order valence-corrected chi connectivity index (χ0v) is 15.7. The number of hydrogen-bond acceptors (Lipinski definition) is 3. The first-order chi connectivity index (χ1) is 12.1. The number of amides is 1. The molecule has 0 aliphatic rings. The molecule has 0 atom stereocenters. The first-order valence-corrected chi connectivity index (χ1v) is 8.96. The molecule has 6 heteroatoms. The molecule has 3 aromatic rings. The van der Waals surface area contributed by atoms with E-state index in [4.69, 9.17) is 0 Å². The van der Waals surface area contributed by atoms with E-state index in [9.17, 15) is 4.79 Å². The highest BCUT2D eigenvalue weighted by molar-refractivity contribution is 9.10. The molecule has 0 unspecified atom stereocenters. The molecule has 1 amide bonds. The predicted molar refractivity (Wildman–Crippen MR) is 102 cm³/mol. The van der Waals surface area contributed by atoms with E-state index < -0.39 is 0 Å². The van der Waals surface area contributed by atoms with E-state index in [1.165, 1.54) is 0 Å². The number of nitrogens with one attached hydrogen (secondary N) is 1. The Morgan fingerprint density at radius 3 is 2.64 bits per heavy atom. The van der Waals surface area contributed by atoms with Gasteiger partial charge in [-0.15, -0.1) is 5.10 Å². The topological polar surface area (TPSA) is 59.8 Å². The molecular weight excluding hydrogens is 380 g/mol. The Kier molecular flexibility index (Phi) is 5.28. The van der Waals surface area contributed by atoms with Gasteiger partial charge in [0.05, 0.1) is 5.69 Å². The number of hydrogen-bond donors (Lipinski definition) is 1. The number of benzene rings is 2. The molecule has 0 fully saturated rings. The summed E-state index contributed by atoms with van der Waals surface area (Å²) in [4.78, 5) is 16.8. The van der Waals surface area contributed by atoms with E-state index in [1.54, 1.807) is 4.68 Å². The quantitative estimate of drug-likeness (QED) is 0.702. The van der Waals surface area contributed by atoms with Gasteiger partial charge in [-0.3, -0.25) is 4.79 Å². The van der Waals surface area contributed by atoms with Crippen molar-refractivity contribution in [3.05, 3.63) is 64.4 Å². The summed E-state index contributed by atoms with van der Waals surface area (Å²) in [6.07, 6.45) is 0.865. The molecule has 5 nitrogen and oxygen atoms in total. The third-order valence-corrected chi connectivity index (χ3v) is 4.22. The zero-order valence-electron chi connectivity index (χ0n) is 14.2. The molecule has 2 aromatic carbocycles. The highest BCUT2D eigenvalue weighted by Gasteiger charge is 2.18. The van der Waals surface area contributed by atoms with Gasteiger partial charge in [-0.1, -0.05) is 46.6 Å². The number of carbonyl (C=O) groups is 1. The summed E-state index contributed by atoms with van der Waals surface area (Å²) in [7, 11) is 0. The summed E-state index contributed by atoms with van der Waals surface area (Å²) in [5.41, 5.74) is 2.89. The fourth-order valence-electron chi connectivity index (χ4n) is 2.46. The number of halogens is 1. The van der Waals surface area contributed by atoms with Crippen LogP contribution >= 0.6 is 15.9 Å². The Bertz CT molecular complexity index is 887. The number of nitrogens with zero attached hydrogens (tertiary/aromatic N) is 3. The molecule has 0 aliphatic carbocycles. The van der Waals surface area contributed by atoms with Gasteiger partial charge in [0.25, 0.3) is 5.91 Å². The van der Waals surface area contributed by atoms with Crippen molar-refractivity contribution in [1.29, 1.82) is 0 Å². The van der Waals surface area contributed by atoms with E-state index in [-0.39, 0.29) is 11.7 Å². The maximum Gasteiger partial charge on any atom is 0.290 e. The lowest BCUT2D eigenvalue weighted by atomic mass is 10.1. The monoisotopic (exact) mass is 398 g/mol. The van der Waals surface area contributed by atoms with Crippen LogP contribution in [0.25, 0.3) is 17.1 Å². The van der Waals surface area contributed by atoms with Gasteiger partial charge in [-0.25, -0.2) is 9.67 Å². The second-order valence-corrected chi connectivity index (χ2v) is 6.69. The van der Waals surface area contributed by atoms with Crippen molar-refractivity contribution in [3.8, 4) is 17.1 Å². The third kappa shape index (κ3) is 3.96. The van der Waals surface area contributed by atoms with Crippen molar-refractivity contribution in [2.24, 2.45) is 0 Å². The van der Waals surface area contributed by atoms with Crippen LogP contribution in [0.4, 0.5) is 0 Å². The lowest BCUT2D eigenvalue weighted by Gasteiger charge is -2.06. The third-order valence-electron chi connectivity index (χ3n) is 3.69. The highest BCUT2D eigenvalue weighted by atomic mass is 79.9. The fourth-order valence-corrected chi connectivity index (χ4v) is 2.72. The van der Waals surface area contributed by atoms with E-state index in [1.807, 2.05) is 62.4 Å². The van der Waals surface area contributed by atoms with Crippen molar-refractivity contribution in [2.75, 3.05) is 6.54 Å². The molecule has 25 heavy (non-hydrogen) atoms. The van der Waals surface area contributed by atoms with Crippen LogP contribution < -0.4 is 5.32 Å². The van der Waals surface area contributed by atoms with Crippen LogP contribution in [0.15, 0.2) is 53.0 Å². The normalized spacial score (nSPS) is 10.7. The Morgan fingerprint density at radius 1 is 1.20 bits per heavy atom. The standard InChI is InChI=1S/C19H19BrN4O/c1-3-11-21-19(25)17-22-18(14-6-4-5-13(2)12-14)24(23-17)16-9-7-15(20)8-10-16/h4-10,12H,3,11H2,1-2H3,(H,21,25). The van der Waals surface area contributed by atoms with Crippen molar-refractivity contribution >= 4 is 21.8 Å². The highest BCUT2D eigenvalue weighted by Crippen LogP contribution is 2.23. The van der Waals surface area contributed by atoms with Gasteiger partial charge in [0.15, 0.2) is 5.82 Å². The molecule has 0 spiro atoms. The molecule has 0 bridgehead atoms. The average molecular weight is 399 g/mol. The number of rotatable bonds is 5. The van der Waals surface area contributed by atoms with E-state index in [0.29, 0.717) is 12.4 Å². The van der Waals surface area contributed by atoms with Gasteiger partial charge in [0.1, 0.15) is 0 Å². The SMILES string of the molecule is CCCNC(=O)c1nc(-c2cccc(C)c2)n(-c2ccc(Br)cc2)n1. The maximum absolute atomic E-state index is 12.3. The number of carbonyl (C=O) groups excluding carboxylic acids is 1. The minimum Gasteiger partial charge on any atom is -0.349 e. The van der Waals surface area contributed by atoms with Crippen molar-refractivity contribution in [3.63, 3.8) is 0 Å². The molecule has 1 aromatic heterocycles. The number of aromatic nitrogens is 3. The zero-order chi connectivity index (χ0) is 17.8. The summed E-state index contributed by atoms with van der Waals surface area (Å²) in [6.45, 7) is 4.64. The Morgan fingerprint density at radius 2 is 1.96 bits per heavy atom. The molecule has 0 aliphatic heterocycles. The van der Waals surface area contributed by atoms with Crippen LogP contribution in [0.3, 0.4) is 0 Å². The van der Waals surface area contributed by atoms with Crippen LogP contribution in [0.1, 0.15) is 29.5 Å². The van der Waals surface area contributed by atoms with Crippen LogP contribution in [0.2, 0.25) is 0 Å². The minimum atomic E-state index is -0.258. The molecule has 0 radical (unpaired) electrons. The van der Waals surface area contributed by atoms with E-state index in [2.05, 4.69) is 31.3 Å². The molecular formula is C19H19BrN4O. The first-order valence-electron chi connectivity index (χ1n) is 8.16. The number of aryl methyl sites for hydroxylation is 1. The van der Waals surface area contributed by atoms with Gasteiger partial charge in [-0.05, 0) is 43.7 Å². The van der Waals surface area contributed by atoms with E-state index >= 15 is 0 Å². The Labute approximate surface area is 155 Å². The summed E-state index contributed by atoms with van der Waals surface area (Å²) in [5, 5.41) is 7.28. The van der Waals surface area contributed by atoms with Gasteiger partial charge in [0.2, 0.25) is 5.82 Å². The Hall–Kier alpha value is -2.47. The maximum atomic E-state index is 12.3. The molecule has 1 heterocycles. The largest absolute Gasteiger partial charge is 0.349 e. The van der Waals surface area contributed by atoms with Gasteiger partial charge >= 0.3 is 0 Å². The van der Waals surface area contributed by atoms with Crippen molar-refractivity contribution < 1.29 is 4.79 Å². The van der Waals surface area contributed by atoms with Crippen LogP contribution in [0.5, 0.6) is 0 Å². The second-order valence-electron chi connectivity index (χ2n) is 5.77. The molecule has 0 saturated heterocycles. The average Bonchev–Trinajstić information content (AvgIpc) is 3.06. The van der Waals surface area contributed by atoms with Crippen LogP contribution in [-0.4, -0.2) is 27.2 Å². The molecule has 128 valence electrons. The van der Waals surface area contributed by atoms with Gasteiger partial charge in [0, 0.05) is 16.6 Å². The lowest BCUT2D eigenvalue weighted by molar-refractivity contribution is 0.0943. The van der Waals surface area contributed by atoms with Crippen LogP contribution in [-0.2, 0) is 0 Å². The van der Waals surface area contributed by atoms with E-state index in [0.717, 1.165) is 27.7 Å². The summed E-state index contributed by atoms with van der Waals surface area (Å²) < 4.78 is 2.69. The minimum absolute atomic E-state index is 0.174. The van der Waals surface area contributed by atoms with Crippen molar-refractivity contribution in [1.82, 2.24) is 20.1 Å². The lowest BCUT2D eigenvalue weighted by Crippen LogP contribution is -2.25. The van der Waals surface area contributed by atoms with Crippen LogP contribution in [0, 0.1) is 6.92 Å². The molecule has 0 saturated carbocycles. The smallest absolute Gasteiger partial charge is 0.290 e. The fraction of sp³-hybridized carbons (Fsp3) is 0.211. The molecule has 1 N–H and O–H groups in total. The van der Waals surface area contributed by atoms with Gasteiger partial charge < -0.3 is 5.32 Å². The van der Waals surface area contributed by atoms with Crippen molar-refractivity contribution in [2.45, 2.75) is 20.3 Å². The molecule has 3 rings (SSSR count). The summed E-state index contributed by atoms with van der Waals surface area (Å²) in [6, 6.07) is 15.8. The second kappa shape index (κ2) is 7.61. The Balaban J connectivity index is 2.09. The summed E-state index contributed by atoms with van der Waals surface area (Å²) >= 11 is 3.44. The van der Waals surface area contributed by atoms with Gasteiger partial charge in [-0.2, -0.15) is 0 Å². The first kappa shape index (κ1) is 17.4. The summed E-state index contributed by atoms with van der Waals surface area (Å²) in [5.74, 6) is 0.562.